The Bertz CT molecular complexity index is 1170. The summed E-state index contributed by atoms with van der Waals surface area (Å²) in [5.74, 6) is -0.315. The molecule has 0 saturated carbocycles. The summed E-state index contributed by atoms with van der Waals surface area (Å²) in [5, 5.41) is 1.87. The molecule has 2 N–H and O–H groups in total. The van der Waals surface area contributed by atoms with Gasteiger partial charge in [-0.05, 0) is 24.3 Å². The molecule has 0 spiro atoms. The van der Waals surface area contributed by atoms with Gasteiger partial charge in [0.05, 0.1) is 0 Å². The molecular weight excluding hydrogens is 324 g/mol. The highest BCUT2D eigenvalue weighted by molar-refractivity contribution is 6.45. The molecule has 124 valence electrons. The van der Waals surface area contributed by atoms with E-state index in [1.165, 1.54) is 12.2 Å². The summed E-state index contributed by atoms with van der Waals surface area (Å²) in [6, 6.07) is 15.5. The largest absolute Gasteiger partial charge is 0.361 e. The second-order valence-corrected chi connectivity index (χ2v) is 6.34. The Labute approximate surface area is 148 Å². The summed E-state index contributed by atoms with van der Waals surface area (Å²) in [4.78, 5) is 31.9. The first-order valence-corrected chi connectivity index (χ1v) is 8.37. The lowest BCUT2D eigenvalue weighted by molar-refractivity contribution is -0.112. The highest BCUT2D eigenvalue weighted by Gasteiger charge is 2.25. The third-order valence-corrected chi connectivity index (χ3v) is 4.84. The smallest absolute Gasteiger partial charge is 0.187 e. The van der Waals surface area contributed by atoms with Crippen LogP contribution >= 0.6 is 0 Å². The lowest BCUT2D eigenvalue weighted by Crippen LogP contribution is -2.11. The number of carbonyl (C=O) groups is 2. The predicted octanol–water partition coefficient (Wildman–Crippen LogP) is 4.27. The number of aromatic nitrogens is 2. The van der Waals surface area contributed by atoms with Crippen LogP contribution in [0, 0.1) is 0 Å². The fraction of sp³-hybridized carbons (Fsp3) is 0. The molecule has 4 aromatic rings. The van der Waals surface area contributed by atoms with Crippen LogP contribution in [-0.4, -0.2) is 21.5 Å². The van der Waals surface area contributed by atoms with Crippen molar-refractivity contribution >= 4 is 44.5 Å². The zero-order valence-corrected chi connectivity index (χ0v) is 13.7. The van der Waals surface area contributed by atoms with E-state index in [9.17, 15) is 9.59 Å². The summed E-state index contributed by atoms with van der Waals surface area (Å²) >= 11 is 0. The summed E-state index contributed by atoms with van der Waals surface area (Å²) in [6.45, 7) is 0. The molecule has 4 nitrogen and oxygen atoms in total. The Morgan fingerprint density at radius 2 is 1.00 bits per heavy atom. The molecule has 0 saturated heterocycles. The van der Waals surface area contributed by atoms with Gasteiger partial charge in [0.25, 0.3) is 0 Å². The highest BCUT2D eigenvalue weighted by atomic mass is 16.1. The van der Waals surface area contributed by atoms with Crippen molar-refractivity contribution < 1.29 is 9.59 Å². The average molecular weight is 338 g/mol. The number of ketones is 2. The van der Waals surface area contributed by atoms with Crippen molar-refractivity contribution in [1.82, 2.24) is 9.97 Å². The lowest BCUT2D eigenvalue weighted by atomic mass is 9.89. The van der Waals surface area contributed by atoms with E-state index in [2.05, 4.69) is 9.97 Å². The van der Waals surface area contributed by atoms with Gasteiger partial charge in [0.15, 0.2) is 11.6 Å². The second kappa shape index (κ2) is 5.43. The van der Waals surface area contributed by atoms with Gasteiger partial charge in [0.2, 0.25) is 0 Å². The van der Waals surface area contributed by atoms with Crippen molar-refractivity contribution in [2.24, 2.45) is 0 Å². The van der Waals surface area contributed by atoms with Gasteiger partial charge in [0, 0.05) is 56.5 Å². The minimum absolute atomic E-state index is 0.158. The van der Waals surface area contributed by atoms with Crippen LogP contribution in [0.3, 0.4) is 0 Å². The molecule has 26 heavy (non-hydrogen) atoms. The Hall–Kier alpha value is -3.66. The molecule has 0 unspecified atom stereocenters. The quantitative estimate of drug-likeness (QED) is 0.536. The van der Waals surface area contributed by atoms with Crippen molar-refractivity contribution in [3.05, 3.63) is 84.2 Å². The number of para-hydroxylation sites is 2. The first-order valence-electron chi connectivity index (χ1n) is 8.37. The molecule has 2 heterocycles. The first kappa shape index (κ1) is 14.7. The molecule has 0 atom stereocenters. The van der Waals surface area contributed by atoms with Gasteiger partial charge in [0.1, 0.15) is 0 Å². The minimum atomic E-state index is -0.158. The van der Waals surface area contributed by atoms with Crippen LogP contribution < -0.4 is 0 Å². The van der Waals surface area contributed by atoms with Gasteiger partial charge in [-0.1, -0.05) is 36.4 Å². The Kier molecular flexibility index (Phi) is 3.06. The van der Waals surface area contributed by atoms with Crippen LogP contribution in [0.2, 0.25) is 0 Å². The van der Waals surface area contributed by atoms with Gasteiger partial charge in [-0.2, -0.15) is 0 Å². The van der Waals surface area contributed by atoms with Crippen LogP contribution in [0.25, 0.3) is 33.0 Å². The molecule has 1 aliphatic rings. The van der Waals surface area contributed by atoms with Gasteiger partial charge >= 0.3 is 0 Å². The third kappa shape index (κ3) is 2.09. The standard InChI is InChI=1S/C22H14N2O2/c25-21-10-16(18-12-24-20-8-4-2-6-14(18)20)22(26)9-15(21)17-11-23-19-7-3-1-5-13(17)19/h1-12,23-24H. The number of benzene rings is 2. The normalized spacial score (nSPS) is 14.8. The molecule has 0 bridgehead atoms. The summed E-state index contributed by atoms with van der Waals surface area (Å²) in [7, 11) is 0. The number of rotatable bonds is 2. The highest BCUT2D eigenvalue weighted by Crippen LogP contribution is 2.33. The number of carbonyl (C=O) groups excluding carboxylic acids is 2. The topological polar surface area (TPSA) is 65.7 Å². The van der Waals surface area contributed by atoms with Gasteiger partial charge in [-0.15, -0.1) is 0 Å². The Morgan fingerprint density at radius 1 is 0.577 bits per heavy atom. The van der Waals surface area contributed by atoms with Crippen LogP contribution in [0.15, 0.2) is 73.1 Å². The van der Waals surface area contributed by atoms with Crippen molar-refractivity contribution in [3.63, 3.8) is 0 Å². The Balaban J connectivity index is 1.61. The van der Waals surface area contributed by atoms with E-state index in [1.54, 1.807) is 12.4 Å². The van der Waals surface area contributed by atoms with Gasteiger partial charge in [-0.3, -0.25) is 9.59 Å². The fourth-order valence-electron chi connectivity index (χ4n) is 3.57. The molecule has 2 aromatic heterocycles. The maximum Gasteiger partial charge on any atom is 0.187 e. The second-order valence-electron chi connectivity index (χ2n) is 6.34. The van der Waals surface area contributed by atoms with Crippen molar-refractivity contribution in [3.8, 4) is 0 Å². The zero-order chi connectivity index (χ0) is 17.7. The van der Waals surface area contributed by atoms with Gasteiger partial charge < -0.3 is 9.97 Å². The summed E-state index contributed by atoms with van der Waals surface area (Å²) in [5.41, 5.74) is 4.25. The molecular formula is C22H14N2O2. The molecule has 2 aromatic carbocycles. The summed E-state index contributed by atoms with van der Waals surface area (Å²) in [6.07, 6.45) is 6.47. The van der Waals surface area contributed by atoms with Gasteiger partial charge in [-0.25, -0.2) is 0 Å². The fourth-order valence-corrected chi connectivity index (χ4v) is 3.57. The predicted molar refractivity (Wildman–Crippen MR) is 103 cm³/mol. The van der Waals surface area contributed by atoms with E-state index in [1.807, 2.05) is 48.5 Å². The van der Waals surface area contributed by atoms with E-state index in [4.69, 9.17) is 0 Å². The van der Waals surface area contributed by atoms with E-state index >= 15 is 0 Å². The van der Waals surface area contributed by atoms with Crippen LogP contribution in [-0.2, 0) is 9.59 Å². The number of nitrogens with one attached hydrogen (secondary N) is 2. The van der Waals surface area contributed by atoms with Crippen molar-refractivity contribution in [1.29, 1.82) is 0 Å². The molecule has 1 aliphatic carbocycles. The molecule has 0 aliphatic heterocycles. The number of hydrogen-bond donors (Lipinski definition) is 2. The van der Waals surface area contributed by atoms with Crippen molar-refractivity contribution in [2.75, 3.05) is 0 Å². The lowest BCUT2D eigenvalue weighted by Gasteiger charge is -2.11. The average Bonchev–Trinajstić information content (AvgIpc) is 3.27. The zero-order valence-electron chi connectivity index (χ0n) is 13.7. The number of aromatic amines is 2. The molecule has 0 amide bonds. The first-order chi connectivity index (χ1) is 12.7. The van der Waals surface area contributed by atoms with E-state index in [-0.39, 0.29) is 11.6 Å². The van der Waals surface area contributed by atoms with E-state index < -0.39 is 0 Å². The van der Waals surface area contributed by atoms with Crippen LogP contribution in [0.4, 0.5) is 0 Å². The van der Waals surface area contributed by atoms with E-state index in [0.29, 0.717) is 11.1 Å². The van der Waals surface area contributed by atoms with Crippen molar-refractivity contribution in [2.45, 2.75) is 0 Å². The molecule has 4 heteroatoms. The Morgan fingerprint density at radius 3 is 1.46 bits per heavy atom. The number of hydrogen-bond acceptors (Lipinski definition) is 2. The van der Waals surface area contributed by atoms with E-state index in [0.717, 1.165) is 32.9 Å². The molecule has 0 radical (unpaired) electrons. The minimum Gasteiger partial charge on any atom is -0.361 e. The third-order valence-electron chi connectivity index (χ3n) is 4.84. The SMILES string of the molecule is O=C1C=C(c2c[nH]c3ccccc23)C(=O)C=C1c1c[nH]c2ccccc12. The maximum absolute atomic E-state index is 12.8. The van der Waals surface area contributed by atoms with Crippen LogP contribution in [0.5, 0.6) is 0 Å². The van der Waals surface area contributed by atoms with Crippen LogP contribution in [0.1, 0.15) is 11.1 Å². The number of allylic oxidation sites excluding steroid dienone is 4. The molecule has 0 fully saturated rings. The number of fused-ring (bicyclic) bond motifs is 2. The molecule has 5 rings (SSSR count). The maximum atomic E-state index is 12.8. The summed E-state index contributed by atoms with van der Waals surface area (Å²) < 4.78 is 0. The number of H-pyrrole nitrogens is 2. The monoisotopic (exact) mass is 338 g/mol.